The number of hydrogen-bond acceptors (Lipinski definition) is 5. The molecule has 0 spiro atoms. The van der Waals surface area contributed by atoms with E-state index >= 15 is 0 Å². The molecule has 102 valence electrons. The molecular weight excluding hydrogens is 250 g/mol. The van der Waals surface area contributed by atoms with Gasteiger partial charge in [-0.05, 0) is 30.5 Å². The van der Waals surface area contributed by atoms with Crippen LogP contribution in [0.3, 0.4) is 0 Å². The first-order valence-electron chi connectivity index (χ1n) is 6.35. The number of nitrogens with zero attached hydrogens (tertiary/aromatic N) is 4. The van der Waals surface area contributed by atoms with Crippen LogP contribution in [0.25, 0.3) is 0 Å². The SMILES string of the molecule is Cc1ccc(CNc2cc(N(C)C#N)ncn2)cc1C. The third kappa shape index (κ3) is 3.23. The third-order valence-corrected chi connectivity index (χ3v) is 3.19. The summed E-state index contributed by atoms with van der Waals surface area (Å²) in [5.41, 5.74) is 3.76. The van der Waals surface area contributed by atoms with E-state index in [0.29, 0.717) is 18.2 Å². The quantitative estimate of drug-likeness (QED) is 0.681. The predicted octanol–water partition coefficient (Wildman–Crippen LogP) is 2.62. The van der Waals surface area contributed by atoms with Gasteiger partial charge in [0, 0.05) is 19.7 Å². The summed E-state index contributed by atoms with van der Waals surface area (Å²) in [6.07, 6.45) is 3.46. The van der Waals surface area contributed by atoms with Gasteiger partial charge in [0.25, 0.3) is 0 Å². The van der Waals surface area contributed by atoms with Gasteiger partial charge < -0.3 is 5.32 Å². The molecule has 20 heavy (non-hydrogen) atoms. The Hall–Kier alpha value is -2.61. The highest BCUT2D eigenvalue weighted by Crippen LogP contribution is 2.14. The van der Waals surface area contributed by atoms with E-state index in [1.54, 1.807) is 13.1 Å². The number of nitriles is 1. The lowest BCUT2D eigenvalue weighted by molar-refractivity contribution is 1.05. The normalized spacial score (nSPS) is 9.90. The van der Waals surface area contributed by atoms with Crippen molar-refractivity contribution in [3.8, 4) is 6.19 Å². The number of aromatic nitrogens is 2. The fourth-order valence-corrected chi connectivity index (χ4v) is 1.78. The average molecular weight is 267 g/mol. The first kappa shape index (κ1) is 13.8. The van der Waals surface area contributed by atoms with Crippen molar-refractivity contribution < 1.29 is 0 Å². The van der Waals surface area contributed by atoms with Gasteiger partial charge in [-0.3, -0.25) is 4.90 Å². The van der Waals surface area contributed by atoms with Gasteiger partial charge in [0.15, 0.2) is 6.19 Å². The molecule has 1 aromatic carbocycles. The Morgan fingerprint density at radius 2 is 2.00 bits per heavy atom. The Morgan fingerprint density at radius 3 is 2.70 bits per heavy atom. The minimum atomic E-state index is 0.574. The summed E-state index contributed by atoms with van der Waals surface area (Å²) in [7, 11) is 1.66. The maximum absolute atomic E-state index is 8.84. The Bertz CT molecular complexity index is 645. The van der Waals surface area contributed by atoms with Gasteiger partial charge in [-0.1, -0.05) is 18.2 Å². The molecule has 0 bridgehead atoms. The first-order chi connectivity index (χ1) is 9.60. The summed E-state index contributed by atoms with van der Waals surface area (Å²) in [5.74, 6) is 1.28. The van der Waals surface area contributed by atoms with Gasteiger partial charge in [-0.15, -0.1) is 0 Å². The van der Waals surface area contributed by atoms with E-state index in [2.05, 4.69) is 47.3 Å². The highest BCUT2D eigenvalue weighted by molar-refractivity contribution is 5.50. The van der Waals surface area contributed by atoms with Crippen LogP contribution in [0.1, 0.15) is 16.7 Å². The minimum absolute atomic E-state index is 0.574. The van der Waals surface area contributed by atoms with Gasteiger partial charge in [0.1, 0.15) is 18.0 Å². The molecule has 0 aliphatic rings. The minimum Gasteiger partial charge on any atom is -0.366 e. The van der Waals surface area contributed by atoms with E-state index < -0.39 is 0 Å². The molecule has 0 atom stereocenters. The van der Waals surface area contributed by atoms with Gasteiger partial charge in [-0.25, -0.2) is 9.97 Å². The topological polar surface area (TPSA) is 64.8 Å². The number of rotatable bonds is 4. The standard InChI is InChI=1S/C15H17N5/c1-11-4-5-13(6-12(11)2)8-17-14-7-15(19-10-18-14)20(3)9-16/h4-7,10H,8H2,1-3H3,(H,17,18,19). The lowest BCUT2D eigenvalue weighted by Gasteiger charge is -2.10. The first-order valence-corrected chi connectivity index (χ1v) is 6.35. The van der Waals surface area contributed by atoms with Crippen molar-refractivity contribution in [3.05, 3.63) is 47.3 Å². The maximum Gasteiger partial charge on any atom is 0.185 e. The number of hydrogen-bond donors (Lipinski definition) is 1. The van der Waals surface area contributed by atoms with Crippen molar-refractivity contribution in [2.24, 2.45) is 0 Å². The van der Waals surface area contributed by atoms with E-state index in [4.69, 9.17) is 5.26 Å². The van der Waals surface area contributed by atoms with E-state index in [1.165, 1.54) is 27.9 Å². The lowest BCUT2D eigenvalue weighted by Crippen LogP contribution is -2.11. The molecule has 1 heterocycles. The monoisotopic (exact) mass is 267 g/mol. The Labute approximate surface area is 118 Å². The van der Waals surface area contributed by atoms with Crippen molar-refractivity contribution in [1.29, 1.82) is 5.26 Å². The molecule has 2 aromatic rings. The van der Waals surface area contributed by atoms with E-state index in [9.17, 15) is 0 Å². The van der Waals surface area contributed by atoms with Crippen molar-refractivity contribution in [1.82, 2.24) is 9.97 Å². The zero-order valence-corrected chi connectivity index (χ0v) is 11.9. The fraction of sp³-hybridized carbons (Fsp3) is 0.267. The largest absolute Gasteiger partial charge is 0.366 e. The molecule has 0 amide bonds. The van der Waals surface area contributed by atoms with Crippen LogP contribution in [0.4, 0.5) is 11.6 Å². The Kier molecular flexibility index (Phi) is 4.16. The molecule has 2 rings (SSSR count). The summed E-state index contributed by atoms with van der Waals surface area (Å²) in [6.45, 7) is 4.89. The molecule has 0 saturated heterocycles. The van der Waals surface area contributed by atoms with E-state index in [-0.39, 0.29) is 0 Å². The van der Waals surface area contributed by atoms with Gasteiger partial charge in [-0.2, -0.15) is 5.26 Å². The summed E-state index contributed by atoms with van der Waals surface area (Å²) >= 11 is 0. The molecular formula is C15H17N5. The summed E-state index contributed by atoms with van der Waals surface area (Å²) in [6, 6.07) is 8.12. The molecule has 0 aliphatic carbocycles. The van der Waals surface area contributed by atoms with Crippen LogP contribution in [0, 0.1) is 25.3 Å². The highest BCUT2D eigenvalue weighted by atomic mass is 15.2. The molecule has 1 aromatic heterocycles. The molecule has 1 N–H and O–H groups in total. The highest BCUT2D eigenvalue weighted by Gasteiger charge is 2.03. The van der Waals surface area contributed by atoms with Gasteiger partial charge in [0.05, 0.1) is 0 Å². The van der Waals surface area contributed by atoms with Crippen LogP contribution >= 0.6 is 0 Å². The Balaban J connectivity index is 2.07. The molecule has 0 saturated carbocycles. The summed E-state index contributed by atoms with van der Waals surface area (Å²) < 4.78 is 0. The zero-order chi connectivity index (χ0) is 14.5. The smallest absolute Gasteiger partial charge is 0.185 e. The number of aryl methyl sites for hydroxylation is 2. The fourth-order valence-electron chi connectivity index (χ4n) is 1.78. The van der Waals surface area contributed by atoms with E-state index in [0.717, 1.165) is 0 Å². The van der Waals surface area contributed by atoms with Crippen molar-refractivity contribution in [2.45, 2.75) is 20.4 Å². The van der Waals surface area contributed by atoms with E-state index in [1.807, 2.05) is 6.19 Å². The molecule has 0 fully saturated rings. The second kappa shape index (κ2) is 6.02. The summed E-state index contributed by atoms with van der Waals surface area (Å²) in [4.78, 5) is 9.59. The van der Waals surface area contributed by atoms with Crippen LogP contribution in [0.15, 0.2) is 30.6 Å². The number of nitrogens with one attached hydrogen (secondary N) is 1. The average Bonchev–Trinajstić information content (AvgIpc) is 2.48. The molecule has 0 unspecified atom stereocenters. The van der Waals surface area contributed by atoms with Crippen molar-refractivity contribution in [3.63, 3.8) is 0 Å². The van der Waals surface area contributed by atoms with Crippen LogP contribution in [0.5, 0.6) is 0 Å². The third-order valence-electron chi connectivity index (χ3n) is 3.19. The second-order valence-corrected chi connectivity index (χ2v) is 4.69. The van der Waals surface area contributed by atoms with Crippen molar-refractivity contribution >= 4 is 11.6 Å². The number of benzene rings is 1. The summed E-state index contributed by atoms with van der Waals surface area (Å²) in [5, 5.41) is 12.1. The van der Waals surface area contributed by atoms with Crippen LogP contribution in [-0.2, 0) is 6.54 Å². The molecule has 5 heteroatoms. The molecule has 5 nitrogen and oxygen atoms in total. The van der Waals surface area contributed by atoms with Crippen LogP contribution < -0.4 is 10.2 Å². The second-order valence-electron chi connectivity index (χ2n) is 4.69. The van der Waals surface area contributed by atoms with Crippen LogP contribution in [0.2, 0.25) is 0 Å². The lowest BCUT2D eigenvalue weighted by atomic mass is 10.1. The molecule has 0 radical (unpaired) electrons. The predicted molar refractivity (Wildman–Crippen MR) is 79.3 cm³/mol. The Morgan fingerprint density at radius 1 is 1.20 bits per heavy atom. The van der Waals surface area contributed by atoms with Gasteiger partial charge in [0.2, 0.25) is 0 Å². The maximum atomic E-state index is 8.84. The molecule has 0 aliphatic heterocycles. The van der Waals surface area contributed by atoms with Crippen LogP contribution in [-0.4, -0.2) is 17.0 Å². The van der Waals surface area contributed by atoms with Crippen molar-refractivity contribution in [2.75, 3.05) is 17.3 Å². The zero-order valence-electron chi connectivity index (χ0n) is 11.9. The van der Waals surface area contributed by atoms with Gasteiger partial charge >= 0.3 is 0 Å². The number of anilines is 2.